The van der Waals surface area contributed by atoms with Crippen LogP contribution in [0.15, 0.2) is 42.5 Å². The lowest BCUT2D eigenvalue weighted by Gasteiger charge is -2.09. The summed E-state index contributed by atoms with van der Waals surface area (Å²) in [5.74, 6) is -0.487. The molecule has 0 unspecified atom stereocenters. The monoisotopic (exact) mass is 260 g/mol. The number of nitrogens with one attached hydrogen (secondary N) is 1. The maximum Gasteiger partial charge on any atom is 0.145 e. The molecule has 2 nitrogen and oxygen atoms in total. The fourth-order valence-corrected chi connectivity index (χ4v) is 1.80. The van der Waals surface area contributed by atoms with Gasteiger partial charge in [-0.05, 0) is 18.2 Å². The Labute approximate surface area is 110 Å². The maximum atomic E-state index is 13.8. The van der Waals surface area contributed by atoms with Crippen molar-refractivity contribution in [2.24, 2.45) is 0 Å². The quantitative estimate of drug-likeness (QED) is 0.907. The van der Waals surface area contributed by atoms with E-state index in [-0.39, 0.29) is 12.1 Å². The highest BCUT2D eigenvalue weighted by molar-refractivity contribution is 6.33. The molecule has 0 heterocycles. The number of rotatable bonds is 3. The molecule has 0 aliphatic heterocycles. The summed E-state index contributed by atoms with van der Waals surface area (Å²) in [5, 5.41) is 12.4. The Morgan fingerprint density at radius 1 is 1.17 bits per heavy atom. The van der Waals surface area contributed by atoms with Crippen LogP contribution in [0, 0.1) is 17.1 Å². The number of hydrogen-bond donors (Lipinski definition) is 1. The van der Waals surface area contributed by atoms with Crippen molar-refractivity contribution >= 4 is 17.3 Å². The van der Waals surface area contributed by atoms with Crippen molar-refractivity contribution in [2.45, 2.75) is 6.54 Å². The van der Waals surface area contributed by atoms with Gasteiger partial charge in [0.15, 0.2) is 0 Å². The number of nitriles is 1. The van der Waals surface area contributed by atoms with Gasteiger partial charge in [-0.3, -0.25) is 0 Å². The first-order valence-corrected chi connectivity index (χ1v) is 5.76. The normalized spacial score (nSPS) is 9.83. The third kappa shape index (κ3) is 2.61. The summed E-state index contributed by atoms with van der Waals surface area (Å²) in [4.78, 5) is 0. The highest BCUT2D eigenvalue weighted by Crippen LogP contribution is 2.22. The molecule has 0 spiro atoms. The Kier molecular flexibility index (Phi) is 3.81. The zero-order chi connectivity index (χ0) is 13.0. The van der Waals surface area contributed by atoms with E-state index in [4.69, 9.17) is 16.9 Å². The van der Waals surface area contributed by atoms with E-state index in [0.717, 1.165) is 5.69 Å². The fraction of sp³-hybridized carbons (Fsp3) is 0.0714. The van der Waals surface area contributed by atoms with E-state index in [0.29, 0.717) is 10.6 Å². The average molecular weight is 261 g/mol. The first-order valence-electron chi connectivity index (χ1n) is 5.38. The van der Waals surface area contributed by atoms with E-state index in [1.165, 1.54) is 6.07 Å². The van der Waals surface area contributed by atoms with E-state index < -0.39 is 5.82 Å². The maximum absolute atomic E-state index is 13.8. The lowest BCUT2D eigenvalue weighted by atomic mass is 10.1. The van der Waals surface area contributed by atoms with E-state index in [1.807, 2.05) is 24.3 Å². The second-order valence-electron chi connectivity index (χ2n) is 3.72. The van der Waals surface area contributed by atoms with E-state index in [1.54, 1.807) is 18.2 Å². The van der Waals surface area contributed by atoms with Gasteiger partial charge in [0.25, 0.3) is 0 Å². The Hall–Kier alpha value is -2.05. The molecule has 0 aliphatic rings. The number of hydrogen-bond acceptors (Lipinski definition) is 2. The molecule has 0 aliphatic carbocycles. The zero-order valence-corrected chi connectivity index (χ0v) is 10.2. The highest BCUT2D eigenvalue weighted by atomic mass is 35.5. The van der Waals surface area contributed by atoms with Crippen LogP contribution in [0.1, 0.15) is 11.1 Å². The molecular weight excluding hydrogens is 251 g/mol. The number of nitrogens with zero attached hydrogens (tertiary/aromatic N) is 1. The summed E-state index contributed by atoms with van der Waals surface area (Å²) in [6.45, 7) is 0.283. The largest absolute Gasteiger partial charge is 0.380 e. The summed E-state index contributed by atoms with van der Waals surface area (Å²) < 4.78 is 13.8. The molecule has 0 radical (unpaired) electrons. The van der Waals surface area contributed by atoms with Crippen LogP contribution in [-0.2, 0) is 6.54 Å². The molecule has 0 atom stereocenters. The summed E-state index contributed by atoms with van der Waals surface area (Å²) >= 11 is 5.98. The van der Waals surface area contributed by atoms with Crippen molar-refractivity contribution in [3.05, 3.63) is 64.4 Å². The van der Waals surface area contributed by atoms with Crippen LogP contribution < -0.4 is 5.32 Å². The zero-order valence-electron chi connectivity index (χ0n) is 9.45. The van der Waals surface area contributed by atoms with Gasteiger partial charge in [0.05, 0.1) is 16.3 Å². The van der Waals surface area contributed by atoms with Crippen molar-refractivity contribution in [1.82, 2.24) is 0 Å². The number of benzene rings is 2. The standard InChI is InChI=1S/C14H10ClFN2/c15-12-6-1-2-7-13(12)18-9-11-5-3-4-10(8-17)14(11)16/h1-7,18H,9H2. The van der Waals surface area contributed by atoms with Gasteiger partial charge in [-0.25, -0.2) is 4.39 Å². The molecular formula is C14H10ClFN2. The van der Waals surface area contributed by atoms with Crippen molar-refractivity contribution in [2.75, 3.05) is 5.32 Å². The minimum absolute atomic E-state index is 0.0495. The Bertz CT molecular complexity index is 605. The summed E-state index contributed by atoms with van der Waals surface area (Å²) in [5.41, 5.74) is 1.23. The van der Waals surface area contributed by atoms with Crippen LogP contribution >= 0.6 is 11.6 Å². The van der Waals surface area contributed by atoms with Crippen molar-refractivity contribution < 1.29 is 4.39 Å². The molecule has 4 heteroatoms. The van der Waals surface area contributed by atoms with E-state index >= 15 is 0 Å². The number of anilines is 1. The van der Waals surface area contributed by atoms with Crippen LogP contribution in [0.5, 0.6) is 0 Å². The summed E-state index contributed by atoms with van der Waals surface area (Å²) in [6, 6.07) is 13.8. The molecule has 0 saturated heterocycles. The molecule has 90 valence electrons. The molecule has 1 N–H and O–H groups in total. The third-order valence-electron chi connectivity index (χ3n) is 2.54. The summed E-state index contributed by atoms with van der Waals surface area (Å²) in [7, 11) is 0. The average Bonchev–Trinajstić information content (AvgIpc) is 2.39. The second kappa shape index (κ2) is 5.52. The Balaban J connectivity index is 2.17. The first-order chi connectivity index (χ1) is 8.72. The Morgan fingerprint density at radius 3 is 2.67 bits per heavy atom. The lowest BCUT2D eigenvalue weighted by Crippen LogP contribution is -2.03. The molecule has 0 amide bonds. The van der Waals surface area contributed by atoms with Crippen LogP contribution in [0.3, 0.4) is 0 Å². The van der Waals surface area contributed by atoms with Gasteiger partial charge in [-0.1, -0.05) is 35.9 Å². The molecule has 2 rings (SSSR count). The van der Waals surface area contributed by atoms with Gasteiger partial charge >= 0.3 is 0 Å². The minimum atomic E-state index is -0.487. The molecule has 0 saturated carbocycles. The highest BCUT2D eigenvalue weighted by Gasteiger charge is 2.07. The van der Waals surface area contributed by atoms with Crippen molar-refractivity contribution in [3.8, 4) is 6.07 Å². The van der Waals surface area contributed by atoms with Gasteiger partial charge in [0.1, 0.15) is 11.9 Å². The molecule has 2 aromatic rings. The lowest BCUT2D eigenvalue weighted by molar-refractivity contribution is 0.609. The predicted molar refractivity (Wildman–Crippen MR) is 69.9 cm³/mol. The smallest absolute Gasteiger partial charge is 0.145 e. The van der Waals surface area contributed by atoms with Crippen LogP contribution in [0.2, 0.25) is 5.02 Å². The molecule has 0 fully saturated rings. The molecule has 2 aromatic carbocycles. The fourth-order valence-electron chi connectivity index (χ4n) is 1.60. The summed E-state index contributed by atoms with van der Waals surface area (Å²) in [6.07, 6.45) is 0. The van der Waals surface area contributed by atoms with Gasteiger partial charge in [-0.15, -0.1) is 0 Å². The Morgan fingerprint density at radius 2 is 1.94 bits per heavy atom. The number of para-hydroxylation sites is 1. The van der Waals surface area contributed by atoms with Gasteiger partial charge in [-0.2, -0.15) is 5.26 Å². The number of halogens is 2. The third-order valence-corrected chi connectivity index (χ3v) is 2.87. The molecule has 18 heavy (non-hydrogen) atoms. The van der Waals surface area contributed by atoms with Crippen LogP contribution in [0.4, 0.5) is 10.1 Å². The van der Waals surface area contributed by atoms with Crippen molar-refractivity contribution in [1.29, 1.82) is 5.26 Å². The topological polar surface area (TPSA) is 35.8 Å². The van der Waals surface area contributed by atoms with Crippen LogP contribution in [0.25, 0.3) is 0 Å². The molecule has 0 bridgehead atoms. The SMILES string of the molecule is N#Cc1cccc(CNc2ccccc2Cl)c1F. The predicted octanol–water partition coefficient (Wildman–Crippen LogP) is 3.96. The van der Waals surface area contributed by atoms with E-state index in [9.17, 15) is 4.39 Å². The van der Waals surface area contributed by atoms with Crippen LogP contribution in [-0.4, -0.2) is 0 Å². The van der Waals surface area contributed by atoms with Gasteiger partial charge < -0.3 is 5.32 Å². The van der Waals surface area contributed by atoms with Gasteiger partial charge in [0.2, 0.25) is 0 Å². The second-order valence-corrected chi connectivity index (χ2v) is 4.13. The van der Waals surface area contributed by atoms with Crippen molar-refractivity contribution in [3.63, 3.8) is 0 Å². The van der Waals surface area contributed by atoms with E-state index in [2.05, 4.69) is 5.32 Å². The first kappa shape index (κ1) is 12.4. The minimum Gasteiger partial charge on any atom is -0.380 e. The van der Waals surface area contributed by atoms with Gasteiger partial charge in [0, 0.05) is 12.1 Å². The molecule has 0 aromatic heterocycles.